The van der Waals surface area contributed by atoms with Gasteiger partial charge in [0.2, 0.25) is 5.91 Å². The predicted octanol–water partition coefficient (Wildman–Crippen LogP) is 0.512. The highest BCUT2D eigenvalue weighted by atomic mass is 16.3. The molecule has 5 heteroatoms. The first kappa shape index (κ1) is 13.2. The van der Waals surface area contributed by atoms with Crippen molar-refractivity contribution >= 4 is 11.7 Å². The Morgan fingerprint density at radius 1 is 1.41 bits per heavy atom. The number of nitrogens with two attached hydrogens (primary N) is 1. The van der Waals surface area contributed by atoms with Gasteiger partial charge in [0.15, 0.2) is 5.78 Å². The number of rotatable bonds is 5. The van der Waals surface area contributed by atoms with E-state index in [1.54, 1.807) is 24.1 Å². The molecular formula is C12H16N2O3. The number of hydrogen-bond donors (Lipinski definition) is 2. The van der Waals surface area contributed by atoms with Crippen molar-refractivity contribution in [1.82, 2.24) is 4.90 Å². The first-order valence-corrected chi connectivity index (χ1v) is 5.20. The molecule has 0 fully saturated rings. The zero-order valence-electron chi connectivity index (χ0n) is 9.93. The fourth-order valence-corrected chi connectivity index (χ4v) is 1.54. The molecule has 92 valence electrons. The van der Waals surface area contributed by atoms with Crippen LogP contribution in [0.4, 0.5) is 0 Å². The molecule has 3 N–H and O–H groups in total. The maximum atomic E-state index is 11.2. The SMILES string of the molecule is CC(=O)c1ccc(O)c(CN(C)CC(N)=O)c1. The van der Waals surface area contributed by atoms with Gasteiger partial charge in [-0.15, -0.1) is 0 Å². The van der Waals surface area contributed by atoms with Gasteiger partial charge in [0.1, 0.15) is 5.75 Å². The summed E-state index contributed by atoms with van der Waals surface area (Å²) in [5, 5.41) is 9.65. The van der Waals surface area contributed by atoms with Crippen LogP contribution in [-0.2, 0) is 11.3 Å². The van der Waals surface area contributed by atoms with Gasteiger partial charge in [-0.1, -0.05) is 0 Å². The van der Waals surface area contributed by atoms with Crippen LogP contribution in [0.1, 0.15) is 22.8 Å². The summed E-state index contributed by atoms with van der Waals surface area (Å²) in [5.74, 6) is -0.398. The van der Waals surface area contributed by atoms with Crippen LogP contribution in [0.15, 0.2) is 18.2 Å². The average molecular weight is 236 g/mol. The molecule has 1 rings (SSSR count). The number of carbonyl (C=O) groups is 2. The Hall–Kier alpha value is -1.88. The zero-order chi connectivity index (χ0) is 13.0. The highest BCUT2D eigenvalue weighted by molar-refractivity contribution is 5.94. The minimum Gasteiger partial charge on any atom is -0.508 e. The number of carbonyl (C=O) groups excluding carboxylic acids is 2. The van der Waals surface area contributed by atoms with Crippen LogP contribution in [-0.4, -0.2) is 35.3 Å². The van der Waals surface area contributed by atoms with E-state index in [1.165, 1.54) is 13.0 Å². The lowest BCUT2D eigenvalue weighted by Gasteiger charge is -2.15. The number of phenolic OH excluding ortho intramolecular Hbond substituents is 1. The van der Waals surface area contributed by atoms with E-state index in [-0.39, 0.29) is 18.1 Å². The average Bonchev–Trinajstić information content (AvgIpc) is 2.19. The Bertz CT molecular complexity index is 443. The molecule has 0 aliphatic rings. The molecule has 0 saturated heterocycles. The van der Waals surface area contributed by atoms with Crippen LogP contribution in [0.3, 0.4) is 0 Å². The van der Waals surface area contributed by atoms with Gasteiger partial charge in [-0.2, -0.15) is 0 Å². The van der Waals surface area contributed by atoms with Crippen molar-refractivity contribution in [3.63, 3.8) is 0 Å². The summed E-state index contributed by atoms with van der Waals surface area (Å²) in [4.78, 5) is 23.6. The van der Waals surface area contributed by atoms with Crippen molar-refractivity contribution in [2.75, 3.05) is 13.6 Å². The standard InChI is InChI=1S/C12H16N2O3/c1-8(15)9-3-4-11(16)10(5-9)6-14(2)7-12(13)17/h3-5,16H,6-7H2,1-2H3,(H2,13,17). The van der Waals surface area contributed by atoms with Gasteiger partial charge in [-0.3, -0.25) is 14.5 Å². The minimum absolute atomic E-state index is 0.0659. The van der Waals surface area contributed by atoms with E-state index in [0.29, 0.717) is 17.7 Å². The molecule has 0 atom stereocenters. The molecule has 0 aliphatic heterocycles. The van der Waals surface area contributed by atoms with Crippen LogP contribution in [0, 0.1) is 0 Å². The Balaban J connectivity index is 2.86. The van der Waals surface area contributed by atoms with Crippen molar-refractivity contribution in [3.8, 4) is 5.75 Å². The van der Waals surface area contributed by atoms with Crippen LogP contribution < -0.4 is 5.73 Å². The molecule has 0 aromatic heterocycles. The molecule has 0 saturated carbocycles. The van der Waals surface area contributed by atoms with E-state index < -0.39 is 5.91 Å². The van der Waals surface area contributed by atoms with Crippen LogP contribution in [0.2, 0.25) is 0 Å². The third kappa shape index (κ3) is 3.88. The minimum atomic E-state index is -0.435. The molecule has 0 heterocycles. The lowest BCUT2D eigenvalue weighted by Crippen LogP contribution is -2.30. The van der Waals surface area contributed by atoms with Gasteiger partial charge in [0.25, 0.3) is 0 Å². The molecular weight excluding hydrogens is 220 g/mol. The molecule has 0 aliphatic carbocycles. The quantitative estimate of drug-likeness (QED) is 0.730. The van der Waals surface area contributed by atoms with Crippen molar-refractivity contribution in [1.29, 1.82) is 0 Å². The monoisotopic (exact) mass is 236 g/mol. The van der Waals surface area contributed by atoms with E-state index in [9.17, 15) is 14.7 Å². The lowest BCUT2D eigenvalue weighted by molar-refractivity contribution is -0.118. The van der Waals surface area contributed by atoms with Crippen molar-refractivity contribution in [2.45, 2.75) is 13.5 Å². The number of aromatic hydroxyl groups is 1. The first-order valence-electron chi connectivity index (χ1n) is 5.20. The van der Waals surface area contributed by atoms with E-state index in [2.05, 4.69) is 0 Å². The van der Waals surface area contributed by atoms with E-state index >= 15 is 0 Å². The van der Waals surface area contributed by atoms with Crippen molar-refractivity contribution in [2.24, 2.45) is 5.73 Å². The predicted molar refractivity (Wildman–Crippen MR) is 63.6 cm³/mol. The summed E-state index contributed by atoms with van der Waals surface area (Å²) in [7, 11) is 1.71. The summed E-state index contributed by atoms with van der Waals surface area (Å²) in [6.45, 7) is 1.92. The largest absolute Gasteiger partial charge is 0.508 e. The van der Waals surface area contributed by atoms with Gasteiger partial charge in [0, 0.05) is 17.7 Å². The molecule has 1 aromatic carbocycles. The number of Topliss-reactive ketones (excluding diaryl/α,β-unsaturated/α-hetero) is 1. The molecule has 1 amide bonds. The molecule has 17 heavy (non-hydrogen) atoms. The fraction of sp³-hybridized carbons (Fsp3) is 0.333. The highest BCUT2D eigenvalue weighted by Gasteiger charge is 2.09. The first-order chi connectivity index (χ1) is 7.90. The number of hydrogen-bond acceptors (Lipinski definition) is 4. The molecule has 0 spiro atoms. The fourth-order valence-electron chi connectivity index (χ4n) is 1.54. The van der Waals surface area contributed by atoms with Crippen molar-refractivity contribution in [3.05, 3.63) is 29.3 Å². The Labute approximate surface area is 99.8 Å². The molecule has 1 aromatic rings. The van der Waals surface area contributed by atoms with Gasteiger partial charge in [0.05, 0.1) is 6.54 Å². The number of amides is 1. The summed E-state index contributed by atoms with van der Waals surface area (Å²) in [6, 6.07) is 4.66. The Morgan fingerprint density at radius 2 is 2.06 bits per heavy atom. The summed E-state index contributed by atoms with van der Waals surface area (Å²) in [5.41, 5.74) is 6.20. The second kappa shape index (κ2) is 5.45. The van der Waals surface area contributed by atoms with Gasteiger partial charge >= 0.3 is 0 Å². The molecule has 0 radical (unpaired) electrons. The molecule has 5 nitrogen and oxygen atoms in total. The van der Waals surface area contributed by atoms with Crippen LogP contribution in [0.25, 0.3) is 0 Å². The smallest absolute Gasteiger partial charge is 0.231 e. The third-order valence-corrected chi connectivity index (χ3v) is 2.35. The third-order valence-electron chi connectivity index (χ3n) is 2.35. The number of phenols is 1. The number of ketones is 1. The van der Waals surface area contributed by atoms with E-state index in [4.69, 9.17) is 5.73 Å². The Kier molecular flexibility index (Phi) is 4.23. The van der Waals surface area contributed by atoms with Gasteiger partial charge in [-0.25, -0.2) is 0 Å². The zero-order valence-corrected chi connectivity index (χ0v) is 9.93. The number of nitrogens with zero attached hydrogens (tertiary/aromatic N) is 1. The molecule has 0 bridgehead atoms. The summed E-state index contributed by atoms with van der Waals surface area (Å²) in [6.07, 6.45) is 0. The maximum absolute atomic E-state index is 11.2. The molecule has 0 unspecified atom stereocenters. The van der Waals surface area contributed by atoms with Crippen molar-refractivity contribution < 1.29 is 14.7 Å². The van der Waals surface area contributed by atoms with Crippen LogP contribution >= 0.6 is 0 Å². The van der Waals surface area contributed by atoms with E-state index in [1.807, 2.05) is 0 Å². The topological polar surface area (TPSA) is 83.6 Å². The second-order valence-electron chi connectivity index (χ2n) is 4.04. The number of likely N-dealkylation sites (N-methyl/N-ethyl adjacent to an activating group) is 1. The van der Waals surface area contributed by atoms with Crippen LogP contribution in [0.5, 0.6) is 5.75 Å². The number of benzene rings is 1. The summed E-state index contributed by atoms with van der Waals surface area (Å²) < 4.78 is 0. The summed E-state index contributed by atoms with van der Waals surface area (Å²) >= 11 is 0. The van der Waals surface area contributed by atoms with E-state index in [0.717, 1.165) is 0 Å². The number of primary amides is 1. The maximum Gasteiger partial charge on any atom is 0.231 e. The Morgan fingerprint density at radius 3 is 2.59 bits per heavy atom. The lowest BCUT2D eigenvalue weighted by atomic mass is 10.1. The normalized spacial score (nSPS) is 10.5. The second-order valence-corrected chi connectivity index (χ2v) is 4.04. The van der Waals surface area contributed by atoms with Gasteiger partial charge < -0.3 is 10.8 Å². The van der Waals surface area contributed by atoms with Gasteiger partial charge in [-0.05, 0) is 32.2 Å². The highest BCUT2D eigenvalue weighted by Crippen LogP contribution is 2.20.